The fraction of sp³-hybridized carbons (Fsp3) is 0.417. The Hall–Kier alpha value is -1.31. The maximum absolute atomic E-state index is 4.68. The van der Waals surface area contributed by atoms with Gasteiger partial charge in [0.15, 0.2) is 0 Å². The van der Waals surface area contributed by atoms with Crippen LogP contribution >= 0.6 is 0 Å². The molecular weight excluding hydrogens is 172 g/mol. The molecule has 0 saturated heterocycles. The molecule has 1 aliphatic carbocycles. The molecule has 2 heteroatoms. The van der Waals surface area contributed by atoms with E-state index in [1.807, 2.05) is 0 Å². The number of hydrogen-bond donors (Lipinski definition) is 0. The van der Waals surface area contributed by atoms with Crippen molar-refractivity contribution >= 4 is 5.65 Å². The van der Waals surface area contributed by atoms with Crippen molar-refractivity contribution in [2.24, 2.45) is 0 Å². The first kappa shape index (κ1) is 8.04. The number of hydrogen-bond acceptors (Lipinski definition) is 1. The topological polar surface area (TPSA) is 17.3 Å². The number of rotatable bonds is 1. The zero-order valence-electron chi connectivity index (χ0n) is 8.62. The van der Waals surface area contributed by atoms with E-state index in [9.17, 15) is 0 Å². The van der Waals surface area contributed by atoms with Gasteiger partial charge in [-0.05, 0) is 38.3 Å². The molecule has 2 aromatic heterocycles. The van der Waals surface area contributed by atoms with E-state index in [4.69, 9.17) is 0 Å². The molecule has 1 saturated carbocycles. The molecular formula is C12H14N2. The van der Waals surface area contributed by atoms with Crippen LogP contribution in [-0.4, -0.2) is 9.38 Å². The molecule has 0 aromatic carbocycles. The van der Waals surface area contributed by atoms with Crippen LogP contribution in [0.2, 0.25) is 0 Å². The maximum atomic E-state index is 4.68. The van der Waals surface area contributed by atoms with Gasteiger partial charge in [-0.2, -0.15) is 0 Å². The van der Waals surface area contributed by atoms with Gasteiger partial charge in [0.2, 0.25) is 0 Å². The van der Waals surface area contributed by atoms with Crippen LogP contribution in [0.4, 0.5) is 0 Å². The summed E-state index contributed by atoms with van der Waals surface area (Å²) in [6.45, 7) is 4.29. The van der Waals surface area contributed by atoms with E-state index in [1.54, 1.807) is 0 Å². The Labute approximate surface area is 83.6 Å². The number of pyridine rings is 1. The first-order valence-corrected chi connectivity index (χ1v) is 5.21. The summed E-state index contributed by atoms with van der Waals surface area (Å²) in [6.07, 6.45) is 4.82. The van der Waals surface area contributed by atoms with Crippen molar-refractivity contribution in [1.29, 1.82) is 0 Å². The van der Waals surface area contributed by atoms with Crippen LogP contribution in [0.25, 0.3) is 5.65 Å². The second kappa shape index (κ2) is 2.59. The lowest BCUT2D eigenvalue weighted by Crippen LogP contribution is -1.89. The molecule has 2 nitrogen and oxygen atoms in total. The maximum Gasteiger partial charge on any atom is 0.137 e. The number of nitrogens with zero attached hydrogens (tertiary/aromatic N) is 2. The molecule has 3 rings (SSSR count). The van der Waals surface area contributed by atoms with Crippen molar-refractivity contribution in [2.45, 2.75) is 32.6 Å². The van der Waals surface area contributed by atoms with Crippen molar-refractivity contribution in [3.8, 4) is 0 Å². The van der Waals surface area contributed by atoms with E-state index < -0.39 is 0 Å². The van der Waals surface area contributed by atoms with Crippen LogP contribution in [0.15, 0.2) is 18.3 Å². The highest BCUT2D eigenvalue weighted by molar-refractivity contribution is 5.45. The van der Waals surface area contributed by atoms with Crippen molar-refractivity contribution in [1.82, 2.24) is 9.38 Å². The number of imidazole rings is 1. The molecule has 0 bridgehead atoms. The van der Waals surface area contributed by atoms with Gasteiger partial charge in [0, 0.05) is 17.8 Å². The lowest BCUT2D eigenvalue weighted by molar-refractivity contribution is 1.01. The van der Waals surface area contributed by atoms with Gasteiger partial charge in [-0.3, -0.25) is 0 Å². The fourth-order valence-corrected chi connectivity index (χ4v) is 2.03. The van der Waals surface area contributed by atoms with Gasteiger partial charge in [-0.1, -0.05) is 6.07 Å². The zero-order valence-corrected chi connectivity index (χ0v) is 8.62. The number of aromatic nitrogens is 2. The van der Waals surface area contributed by atoms with Crippen LogP contribution in [-0.2, 0) is 0 Å². The molecule has 0 atom stereocenters. The van der Waals surface area contributed by atoms with E-state index in [0.29, 0.717) is 0 Å². The van der Waals surface area contributed by atoms with Crippen LogP contribution in [0.1, 0.15) is 35.7 Å². The molecule has 0 amide bonds. The van der Waals surface area contributed by atoms with Gasteiger partial charge >= 0.3 is 0 Å². The van der Waals surface area contributed by atoms with E-state index in [-0.39, 0.29) is 0 Å². The Kier molecular flexibility index (Phi) is 1.49. The molecule has 0 spiro atoms. The molecule has 0 N–H and O–H groups in total. The lowest BCUT2D eigenvalue weighted by Gasteiger charge is -1.98. The number of fused-ring (bicyclic) bond motifs is 1. The van der Waals surface area contributed by atoms with E-state index in [2.05, 4.69) is 41.6 Å². The van der Waals surface area contributed by atoms with Crippen LogP contribution in [0.5, 0.6) is 0 Å². The van der Waals surface area contributed by atoms with E-state index >= 15 is 0 Å². The summed E-state index contributed by atoms with van der Waals surface area (Å²) in [5.41, 5.74) is 5.03. The zero-order chi connectivity index (χ0) is 9.71. The van der Waals surface area contributed by atoms with Crippen molar-refractivity contribution < 1.29 is 0 Å². The van der Waals surface area contributed by atoms with E-state index in [0.717, 1.165) is 11.6 Å². The Morgan fingerprint density at radius 3 is 2.79 bits per heavy atom. The van der Waals surface area contributed by atoms with Crippen molar-refractivity contribution in [2.75, 3.05) is 0 Å². The molecule has 0 aliphatic heterocycles. The van der Waals surface area contributed by atoms with Crippen molar-refractivity contribution in [3.05, 3.63) is 35.3 Å². The second-order valence-corrected chi connectivity index (χ2v) is 4.29. The average molecular weight is 186 g/mol. The molecule has 1 aliphatic rings. The molecule has 72 valence electrons. The quantitative estimate of drug-likeness (QED) is 0.669. The Morgan fingerprint density at radius 1 is 1.29 bits per heavy atom. The Bertz CT molecular complexity index is 492. The molecule has 2 heterocycles. The minimum Gasteiger partial charge on any atom is -0.304 e. The summed E-state index contributed by atoms with van der Waals surface area (Å²) >= 11 is 0. The summed E-state index contributed by atoms with van der Waals surface area (Å²) in [5.74, 6) is 0.746. The monoisotopic (exact) mass is 186 g/mol. The smallest absolute Gasteiger partial charge is 0.137 e. The predicted molar refractivity (Wildman–Crippen MR) is 56.6 cm³/mol. The summed E-state index contributed by atoms with van der Waals surface area (Å²) < 4.78 is 2.21. The van der Waals surface area contributed by atoms with Gasteiger partial charge in [-0.15, -0.1) is 0 Å². The van der Waals surface area contributed by atoms with Crippen LogP contribution in [0.3, 0.4) is 0 Å². The summed E-state index contributed by atoms with van der Waals surface area (Å²) in [5, 5.41) is 0. The first-order chi connectivity index (χ1) is 6.75. The average Bonchev–Trinajstić information content (AvgIpc) is 2.95. The third kappa shape index (κ3) is 1.07. The van der Waals surface area contributed by atoms with Crippen LogP contribution in [0, 0.1) is 13.8 Å². The number of aryl methyl sites for hydroxylation is 2. The molecule has 14 heavy (non-hydrogen) atoms. The normalized spacial score (nSPS) is 16.4. The minimum absolute atomic E-state index is 0.746. The molecule has 0 radical (unpaired) electrons. The molecule has 1 fully saturated rings. The fourth-order valence-electron chi connectivity index (χ4n) is 2.03. The first-order valence-electron chi connectivity index (χ1n) is 5.21. The Balaban J connectivity index is 2.29. The highest BCUT2D eigenvalue weighted by Crippen LogP contribution is 2.41. The largest absolute Gasteiger partial charge is 0.304 e. The van der Waals surface area contributed by atoms with E-state index in [1.165, 1.54) is 29.8 Å². The summed E-state index contributed by atoms with van der Waals surface area (Å²) in [7, 11) is 0. The highest BCUT2D eigenvalue weighted by Gasteiger charge is 2.28. The van der Waals surface area contributed by atoms with Crippen LogP contribution < -0.4 is 0 Å². The SMILES string of the molecule is Cc1ccc2nc(C3CC3)c(C)n2c1. The van der Waals surface area contributed by atoms with Gasteiger partial charge in [-0.25, -0.2) is 4.98 Å². The predicted octanol–water partition coefficient (Wildman–Crippen LogP) is 2.83. The van der Waals surface area contributed by atoms with Gasteiger partial charge in [0.1, 0.15) is 5.65 Å². The lowest BCUT2D eigenvalue weighted by atomic mass is 10.2. The minimum atomic E-state index is 0.746. The van der Waals surface area contributed by atoms with Gasteiger partial charge < -0.3 is 4.40 Å². The Morgan fingerprint density at radius 2 is 2.07 bits per heavy atom. The summed E-state index contributed by atoms with van der Waals surface area (Å²) in [4.78, 5) is 4.68. The van der Waals surface area contributed by atoms with Gasteiger partial charge in [0.25, 0.3) is 0 Å². The highest BCUT2D eigenvalue weighted by atomic mass is 15.0. The molecule has 2 aromatic rings. The summed E-state index contributed by atoms with van der Waals surface area (Å²) in [6, 6.07) is 4.23. The van der Waals surface area contributed by atoms with Gasteiger partial charge in [0.05, 0.1) is 5.69 Å². The third-order valence-electron chi connectivity index (χ3n) is 3.01. The molecule has 0 unspecified atom stereocenters. The third-order valence-corrected chi connectivity index (χ3v) is 3.01. The standard InChI is InChI=1S/C12H14N2/c1-8-3-6-11-13-12(10-4-5-10)9(2)14(11)7-8/h3,6-7,10H,4-5H2,1-2H3. The van der Waals surface area contributed by atoms with Crippen molar-refractivity contribution in [3.63, 3.8) is 0 Å². The second-order valence-electron chi connectivity index (χ2n) is 4.29.